The van der Waals surface area contributed by atoms with E-state index in [-0.39, 0.29) is 5.96 Å². The van der Waals surface area contributed by atoms with Crippen molar-refractivity contribution in [3.8, 4) is 0 Å². The van der Waals surface area contributed by atoms with Gasteiger partial charge >= 0.3 is 5.96 Å². The highest BCUT2D eigenvalue weighted by Crippen LogP contribution is 2.05. The zero-order chi connectivity index (χ0) is 13.4. The number of amides is 1. The predicted octanol–water partition coefficient (Wildman–Crippen LogP) is -2.33. The number of hydrogen-bond donors (Lipinski definition) is 3. The summed E-state index contributed by atoms with van der Waals surface area (Å²) in [5.41, 5.74) is 10.6. The molecule has 0 radical (unpaired) electrons. The summed E-state index contributed by atoms with van der Waals surface area (Å²) in [6.45, 7) is 4.50. The van der Waals surface area contributed by atoms with Gasteiger partial charge in [0.15, 0.2) is 0 Å². The molecule has 0 aromatic heterocycles. The molecule has 0 spiro atoms. The first-order valence-electron chi connectivity index (χ1n) is 6.67. The minimum atomic E-state index is 0.267. The molecule has 18 heavy (non-hydrogen) atoms. The minimum absolute atomic E-state index is 0.267. The topological polar surface area (TPSA) is 89.6 Å². The third-order valence-corrected chi connectivity index (χ3v) is 3.25. The summed E-state index contributed by atoms with van der Waals surface area (Å²) >= 11 is 0. The Labute approximate surface area is 109 Å². The van der Waals surface area contributed by atoms with Crippen LogP contribution >= 0.6 is 0 Å². The molecule has 6 nitrogen and oxygen atoms in total. The second kappa shape index (κ2) is 7.92. The number of hydrogen-bond acceptors (Lipinski definition) is 2. The molecule has 0 aromatic carbocycles. The van der Waals surface area contributed by atoms with E-state index in [0.717, 1.165) is 52.0 Å². The van der Waals surface area contributed by atoms with Crippen LogP contribution in [0, 0.1) is 0 Å². The van der Waals surface area contributed by atoms with Gasteiger partial charge in [-0.25, -0.2) is 0 Å². The van der Waals surface area contributed by atoms with E-state index in [1.54, 1.807) is 0 Å². The zero-order valence-corrected chi connectivity index (χ0v) is 11.3. The lowest BCUT2D eigenvalue weighted by Crippen LogP contribution is -2.78. The molecule has 1 fully saturated rings. The highest BCUT2D eigenvalue weighted by Gasteiger charge is 2.17. The third-order valence-electron chi connectivity index (χ3n) is 3.25. The largest absolute Gasteiger partial charge is 0.340 e. The van der Waals surface area contributed by atoms with Crippen molar-refractivity contribution >= 4 is 11.9 Å². The van der Waals surface area contributed by atoms with Gasteiger partial charge in [0.1, 0.15) is 0 Å². The SMILES string of the molecule is CN1CCN(C(=O)CCCCC[NH+]=C(N)N)CC1. The van der Waals surface area contributed by atoms with Crippen LogP contribution in [0.5, 0.6) is 0 Å². The maximum Gasteiger partial charge on any atom is 0.338 e. The van der Waals surface area contributed by atoms with Gasteiger partial charge in [-0.3, -0.25) is 21.3 Å². The molecule has 6 heteroatoms. The van der Waals surface area contributed by atoms with Crippen molar-refractivity contribution in [1.29, 1.82) is 0 Å². The van der Waals surface area contributed by atoms with Crippen LogP contribution in [0.3, 0.4) is 0 Å². The first kappa shape index (κ1) is 14.8. The minimum Gasteiger partial charge on any atom is -0.340 e. The maximum absolute atomic E-state index is 11.9. The Kier molecular flexibility index (Phi) is 6.49. The van der Waals surface area contributed by atoms with E-state index in [2.05, 4.69) is 16.9 Å². The number of carbonyl (C=O) groups is 1. The van der Waals surface area contributed by atoms with E-state index in [0.29, 0.717) is 12.3 Å². The van der Waals surface area contributed by atoms with E-state index >= 15 is 0 Å². The average molecular weight is 256 g/mol. The van der Waals surface area contributed by atoms with Gasteiger partial charge in [-0.15, -0.1) is 0 Å². The second-order valence-corrected chi connectivity index (χ2v) is 4.88. The van der Waals surface area contributed by atoms with Crippen molar-refractivity contribution in [2.75, 3.05) is 39.8 Å². The Morgan fingerprint density at radius 1 is 1.11 bits per heavy atom. The van der Waals surface area contributed by atoms with Crippen molar-refractivity contribution in [2.45, 2.75) is 25.7 Å². The van der Waals surface area contributed by atoms with E-state index < -0.39 is 0 Å². The van der Waals surface area contributed by atoms with Gasteiger partial charge in [-0.1, -0.05) is 0 Å². The number of piperazine rings is 1. The number of likely N-dealkylation sites (N-methyl/N-ethyl adjacent to an activating group) is 1. The normalized spacial score (nSPS) is 16.6. The van der Waals surface area contributed by atoms with Crippen LogP contribution in [0.15, 0.2) is 0 Å². The number of unbranched alkanes of at least 4 members (excludes halogenated alkanes) is 2. The highest BCUT2D eigenvalue weighted by atomic mass is 16.2. The van der Waals surface area contributed by atoms with Crippen molar-refractivity contribution in [2.24, 2.45) is 11.5 Å². The first-order valence-corrected chi connectivity index (χ1v) is 6.67. The fourth-order valence-corrected chi connectivity index (χ4v) is 2.02. The summed E-state index contributed by atoms with van der Waals surface area (Å²) in [7, 11) is 2.09. The Morgan fingerprint density at radius 3 is 2.39 bits per heavy atom. The summed E-state index contributed by atoms with van der Waals surface area (Å²) in [5, 5.41) is 0. The monoisotopic (exact) mass is 256 g/mol. The molecule has 1 aliphatic rings. The number of nitrogens with two attached hydrogens (primary N) is 2. The first-order chi connectivity index (χ1) is 8.59. The van der Waals surface area contributed by atoms with Crippen molar-refractivity contribution in [3.05, 3.63) is 0 Å². The average Bonchev–Trinajstić information content (AvgIpc) is 2.34. The molecule has 0 aromatic rings. The van der Waals surface area contributed by atoms with Crippen molar-refractivity contribution < 1.29 is 9.79 Å². The number of guanidine groups is 1. The molecule has 1 amide bonds. The summed E-state index contributed by atoms with van der Waals surface area (Å²) in [4.78, 5) is 19.0. The lowest BCUT2D eigenvalue weighted by molar-refractivity contribution is -0.459. The van der Waals surface area contributed by atoms with Gasteiger partial charge in [0.05, 0.1) is 6.54 Å². The summed E-state index contributed by atoms with van der Waals surface area (Å²) < 4.78 is 0. The van der Waals surface area contributed by atoms with E-state index in [1.807, 2.05) is 4.90 Å². The molecule has 104 valence electrons. The molecule has 1 heterocycles. The molecular weight excluding hydrogens is 230 g/mol. The van der Waals surface area contributed by atoms with Crippen LogP contribution in [-0.2, 0) is 4.79 Å². The number of nitrogens with zero attached hydrogens (tertiary/aromatic N) is 2. The van der Waals surface area contributed by atoms with Gasteiger partial charge in [-0.05, 0) is 26.3 Å². The van der Waals surface area contributed by atoms with Crippen LogP contribution in [-0.4, -0.2) is 61.4 Å². The van der Waals surface area contributed by atoms with Crippen LogP contribution in [0.4, 0.5) is 0 Å². The van der Waals surface area contributed by atoms with E-state index in [9.17, 15) is 4.79 Å². The lowest BCUT2D eigenvalue weighted by atomic mass is 10.1. The molecule has 1 saturated heterocycles. The number of rotatable bonds is 6. The predicted molar refractivity (Wildman–Crippen MR) is 71.8 cm³/mol. The lowest BCUT2D eigenvalue weighted by Gasteiger charge is -2.32. The van der Waals surface area contributed by atoms with Crippen LogP contribution in [0.25, 0.3) is 0 Å². The quantitative estimate of drug-likeness (QED) is 0.283. The second-order valence-electron chi connectivity index (χ2n) is 4.88. The molecule has 0 saturated carbocycles. The van der Waals surface area contributed by atoms with Gasteiger partial charge in [0, 0.05) is 32.6 Å². The molecule has 1 aliphatic heterocycles. The number of nitrogens with one attached hydrogen (secondary N) is 1. The van der Waals surface area contributed by atoms with Crippen LogP contribution < -0.4 is 16.5 Å². The summed E-state index contributed by atoms with van der Waals surface area (Å²) in [6, 6.07) is 0. The molecule has 0 atom stereocenters. The van der Waals surface area contributed by atoms with Crippen molar-refractivity contribution in [1.82, 2.24) is 9.80 Å². The summed E-state index contributed by atoms with van der Waals surface area (Å²) in [5.74, 6) is 0.560. The van der Waals surface area contributed by atoms with Crippen molar-refractivity contribution in [3.63, 3.8) is 0 Å². The van der Waals surface area contributed by atoms with Gasteiger partial charge < -0.3 is 9.80 Å². The Hall–Kier alpha value is -1.30. The molecule has 0 aliphatic carbocycles. The van der Waals surface area contributed by atoms with Crippen LogP contribution in [0.2, 0.25) is 0 Å². The molecule has 0 unspecified atom stereocenters. The Bertz CT molecular complexity index is 280. The van der Waals surface area contributed by atoms with Gasteiger partial charge in [-0.2, -0.15) is 0 Å². The Morgan fingerprint density at radius 2 is 1.78 bits per heavy atom. The summed E-state index contributed by atoms with van der Waals surface area (Å²) in [6.07, 6.45) is 3.62. The standard InChI is InChI=1S/C12H25N5O/c1-16-7-9-17(10-8-16)11(18)5-3-2-4-6-15-12(13)14/h2-10H2,1H3,(H4,13,14,15)/p+1. The fourth-order valence-electron chi connectivity index (χ4n) is 2.02. The Balaban J connectivity index is 2.05. The molecule has 0 bridgehead atoms. The number of carbonyl (C=O) groups excluding carboxylic acids is 1. The molecule has 1 rings (SSSR count). The van der Waals surface area contributed by atoms with Gasteiger partial charge in [0.25, 0.3) is 0 Å². The maximum atomic E-state index is 11.9. The smallest absolute Gasteiger partial charge is 0.338 e. The third kappa shape index (κ3) is 5.86. The zero-order valence-electron chi connectivity index (χ0n) is 11.3. The van der Waals surface area contributed by atoms with Gasteiger partial charge in [0.2, 0.25) is 5.91 Å². The molecular formula is C12H26N5O+. The van der Waals surface area contributed by atoms with E-state index in [1.165, 1.54) is 0 Å². The highest BCUT2D eigenvalue weighted by molar-refractivity contribution is 5.76. The molecule has 5 N–H and O–H groups in total. The fraction of sp³-hybridized carbons (Fsp3) is 0.833. The van der Waals surface area contributed by atoms with E-state index in [4.69, 9.17) is 11.5 Å². The van der Waals surface area contributed by atoms with Crippen LogP contribution in [0.1, 0.15) is 25.7 Å².